The van der Waals surface area contributed by atoms with E-state index in [1.807, 2.05) is 6.92 Å². The monoisotopic (exact) mass is 388 g/mol. The summed E-state index contributed by atoms with van der Waals surface area (Å²) in [6.45, 7) is 2.40. The van der Waals surface area contributed by atoms with Gasteiger partial charge in [0.25, 0.3) is 0 Å². The Morgan fingerprint density at radius 2 is 2.16 bits per heavy atom. The molecule has 0 saturated carbocycles. The zero-order valence-electron chi connectivity index (χ0n) is 12.7. The van der Waals surface area contributed by atoms with Gasteiger partial charge in [-0.15, -0.1) is 11.3 Å². The Morgan fingerprint density at radius 1 is 1.36 bits per heavy atom. The van der Waals surface area contributed by atoms with Gasteiger partial charge in [0.1, 0.15) is 0 Å². The maximum atomic E-state index is 11.1. The van der Waals surface area contributed by atoms with Gasteiger partial charge in [0, 0.05) is 12.3 Å². The first-order valence-electron chi connectivity index (χ1n) is 7.13. The van der Waals surface area contributed by atoms with Crippen molar-refractivity contribution >= 4 is 58.5 Å². The van der Waals surface area contributed by atoms with Gasteiger partial charge >= 0.3 is 35.5 Å². The second-order valence-corrected chi connectivity index (χ2v) is 6.50. The van der Waals surface area contributed by atoms with Crippen LogP contribution < -0.4 is 4.74 Å². The molecule has 0 bridgehead atoms. The van der Waals surface area contributed by atoms with Gasteiger partial charge in [0.2, 0.25) is 11.8 Å². The fraction of sp³-hybridized carbons (Fsp3) is 0.188. The Labute approximate surface area is 175 Å². The Hall–Kier alpha value is -1.38. The number of pyridine rings is 1. The standard InChI is InChI=1S/C16H13ClN2O4S.Na.H/c1-2-22-13-6-3-9(8-18-13)16-19-10(7-14(20)21)15(23-16)11-4-5-12(17)24-11;;/h3-6,8H,2,7H2,1H3,(H,20,21);;. The van der Waals surface area contributed by atoms with E-state index in [4.69, 9.17) is 25.9 Å². The fourth-order valence-corrected chi connectivity index (χ4v) is 3.15. The Bertz CT molecular complexity index is 863. The van der Waals surface area contributed by atoms with E-state index in [0.29, 0.717) is 39.7 Å². The Balaban J connectivity index is 0.00000225. The third kappa shape index (κ3) is 4.83. The molecule has 0 spiro atoms. The van der Waals surface area contributed by atoms with Crippen LogP contribution >= 0.6 is 22.9 Å². The molecular weight excluding hydrogens is 375 g/mol. The molecule has 0 amide bonds. The number of thiophene rings is 1. The quantitative estimate of drug-likeness (QED) is 0.650. The molecule has 0 unspecified atom stereocenters. The van der Waals surface area contributed by atoms with Crippen molar-refractivity contribution in [2.45, 2.75) is 13.3 Å². The first-order chi connectivity index (χ1) is 11.6. The predicted molar refractivity (Wildman–Crippen MR) is 97.7 cm³/mol. The van der Waals surface area contributed by atoms with Gasteiger partial charge in [0.05, 0.1) is 33.5 Å². The minimum atomic E-state index is -0.983. The summed E-state index contributed by atoms with van der Waals surface area (Å²) >= 11 is 7.26. The molecule has 0 aliphatic rings. The van der Waals surface area contributed by atoms with Crippen LogP contribution in [0.15, 0.2) is 34.9 Å². The van der Waals surface area contributed by atoms with Crippen LogP contribution in [-0.2, 0) is 11.2 Å². The van der Waals surface area contributed by atoms with Crippen LogP contribution in [0.4, 0.5) is 0 Å². The summed E-state index contributed by atoms with van der Waals surface area (Å²) in [6.07, 6.45) is 1.34. The van der Waals surface area contributed by atoms with E-state index >= 15 is 0 Å². The molecular formula is C16H14ClN2NaO4S. The van der Waals surface area contributed by atoms with Crippen LogP contribution in [0.3, 0.4) is 0 Å². The van der Waals surface area contributed by atoms with Crippen molar-refractivity contribution in [3.63, 3.8) is 0 Å². The summed E-state index contributed by atoms with van der Waals surface area (Å²) in [6, 6.07) is 6.98. The number of oxazole rings is 1. The number of hydrogen-bond acceptors (Lipinski definition) is 6. The zero-order chi connectivity index (χ0) is 17.1. The number of carboxylic acids is 1. The van der Waals surface area contributed by atoms with Crippen molar-refractivity contribution in [1.82, 2.24) is 9.97 Å². The van der Waals surface area contributed by atoms with Gasteiger partial charge in [0.15, 0.2) is 5.76 Å². The molecule has 0 fully saturated rings. The van der Waals surface area contributed by atoms with E-state index in [-0.39, 0.29) is 36.0 Å². The molecule has 126 valence electrons. The number of aromatic nitrogens is 2. The summed E-state index contributed by atoms with van der Waals surface area (Å²) in [5, 5.41) is 9.09. The van der Waals surface area contributed by atoms with E-state index in [9.17, 15) is 4.79 Å². The Morgan fingerprint density at radius 3 is 2.72 bits per heavy atom. The van der Waals surface area contributed by atoms with E-state index in [1.54, 1.807) is 30.5 Å². The third-order valence-electron chi connectivity index (χ3n) is 3.09. The van der Waals surface area contributed by atoms with Gasteiger partial charge < -0.3 is 14.3 Å². The number of rotatable bonds is 6. The Kier molecular flexibility index (Phi) is 7.04. The van der Waals surface area contributed by atoms with Crippen molar-refractivity contribution in [2.24, 2.45) is 0 Å². The molecule has 9 heteroatoms. The van der Waals surface area contributed by atoms with Crippen LogP contribution in [0.5, 0.6) is 5.88 Å². The van der Waals surface area contributed by atoms with Crippen LogP contribution in [0.25, 0.3) is 22.1 Å². The number of hydrogen-bond donors (Lipinski definition) is 1. The molecule has 1 N–H and O–H groups in total. The minimum absolute atomic E-state index is 0. The summed E-state index contributed by atoms with van der Waals surface area (Å²) in [5.41, 5.74) is 0.990. The zero-order valence-corrected chi connectivity index (χ0v) is 14.2. The predicted octanol–water partition coefficient (Wildman–Crippen LogP) is 3.50. The van der Waals surface area contributed by atoms with E-state index < -0.39 is 5.97 Å². The number of halogens is 1. The second-order valence-electron chi connectivity index (χ2n) is 4.79. The summed E-state index contributed by atoms with van der Waals surface area (Å²) in [4.78, 5) is 20.3. The van der Waals surface area contributed by atoms with Crippen molar-refractivity contribution in [3.8, 4) is 28.0 Å². The van der Waals surface area contributed by atoms with Crippen molar-refractivity contribution in [1.29, 1.82) is 0 Å². The molecule has 3 rings (SSSR count). The average molecular weight is 389 g/mol. The molecule has 0 aliphatic heterocycles. The van der Waals surface area contributed by atoms with Crippen molar-refractivity contribution < 1.29 is 19.1 Å². The molecule has 6 nitrogen and oxygen atoms in total. The molecule has 0 saturated heterocycles. The van der Waals surface area contributed by atoms with Crippen molar-refractivity contribution in [3.05, 3.63) is 40.5 Å². The summed E-state index contributed by atoms with van der Waals surface area (Å²) < 4.78 is 11.7. The van der Waals surface area contributed by atoms with Gasteiger partial charge in [-0.3, -0.25) is 4.79 Å². The van der Waals surface area contributed by atoms with Gasteiger partial charge in [-0.2, -0.15) is 0 Å². The summed E-state index contributed by atoms with van der Waals surface area (Å²) in [7, 11) is 0. The molecule has 0 aromatic carbocycles. The number of carbonyl (C=O) groups is 1. The SMILES string of the molecule is CCOc1ccc(-c2nc(CC(=O)O)c(-c3ccc(Cl)s3)o2)cn1.[NaH]. The topological polar surface area (TPSA) is 85.5 Å². The van der Waals surface area contributed by atoms with Gasteiger partial charge in [-0.1, -0.05) is 11.6 Å². The average Bonchev–Trinajstić information content (AvgIpc) is 3.14. The molecule has 3 aromatic heterocycles. The third-order valence-corrected chi connectivity index (χ3v) is 4.32. The fourth-order valence-electron chi connectivity index (χ4n) is 2.11. The van der Waals surface area contributed by atoms with Crippen LogP contribution in [0.1, 0.15) is 12.6 Å². The molecule has 0 aliphatic carbocycles. The van der Waals surface area contributed by atoms with E-state index in [1.165, 1.54) is 11.3 Å². The summed E-state index contributed by atoms with van der Waals surface area (Å²) in [5.74, 6) is 0.243. The molecule has 3 aromatic rings. The number of ether oxygens (including phenoxy) is 1. The van der Waals surface area contributed by atoms with Gasteiger partial charge in [-0.25, -0.2) is 9.97 Å². The molecule has 0 radical (unpaired) electrons. The second kappa shape index (κ2) is 8.82. The first kappa shape index (κ1) is 19.9. The maximum absolute atomic E-state index is 11.1. The molecule has 25 heavy (non-hydrogen) atoms. The van der Waals surface area contributed by atoms with Crippen LogP contribution in [0.2, 0.25) is 4.34 Å². The van der Waals surface area contributed by atoms with E-state index in [0.717, 1.165) is 4.88 Å². The number of carboxylic acid groups (broad SMARTS) is 1. The number of nitrogens with zero attached hydrogens (tertiary/aromatic N) is 2. The van der Waals surface area contributed by atoms with E-state index in [2.05, 4.69) is 9.97 Å². The first-order valence-corrected chi connectivity index (χ1v) is 8.32. The van der Waals surface area contributed by atoms with Crippen LogP contribution in [-0.4, -0.2) is 57.2 Å². The van der Waals surface area contributed by atoms with Crippen molar-refractivity contribution in [2.75, 3.05) is 6.61 Å². The van der Waals surface area contributed by atoms with Gasteiger partial charge in [-0.05, 0) is 25.1 Å². The van der Waals surface area contributed by atoms with Crippen LogP contribution in [0, 0.1) is 0 Å². The molecule has 3 heterocycles. The molecule has 0 atom stereocenters. The number of aliphatic carboxylic acids is 1. The normalized spacial score (nSPS) is 10.3.